The number of aromatic nitrogens is 4. The second kappa shape index (κ2) is 9.71. The number of rotatable bonds is 10. The van der Waals surface area contributed by atoms with Gasteiger partial charge in [0, 0.05) is 37.9 Å². The predicted molar refractivity (Wildman–Crippen MR) is 110 cm³/mol. The number of imidazole rings is 2. The molecule has 0 N–H and O–H groups in total. The molecule has 1 aliphatic heterocycles. The first kappa shape index (κ1) is 19.7. The van der Waals surface area contributed by atoms with Gasteiger partial charge >= 0.3 is 0 Å². The van der Waals surface area contributed by atoms with Crippen LogP contribution in [0.2, 0.25) is 0 Å². The normalized spacial score (nSPS) is 18.9. The van der Waals surface area contributed by atoms with E-state index in [0.717, 1.165) is 36.5 Å². The minimum atomic E-state index is 0.0456. The third-order valence-electron chi connectivity index (χ3n) is 5.16. The first-order chi connectivity index (χ1) is 14.4. The van der Waals surface area contributed by atoms with Crippen LogP contribution in [0.5, 0.6) is 5.75 Å². The number of hydrogen-bond acceptors (Lipinski definition) is 5. The van der Waals surface area contributed by atoms with E-state index in [9.17, 15) is 0 Å². The topological polar surface area (TPSA) is 63.3 Å². The number of ether oxygens (including phenoxy) is 3. The van der Waals surface area contributed by atoms with Crippen molar-refractivity contribution in [2.75, 3.05) is 26.4 Å². The zero-order chi connectivity index (χ0) is 19.9. The number of unbranched alkanes of at least 4 members (excludes halogenated alkanes) is 1. The summed E-state index contributed by atoms with van der Waals surface area (Å²) in [4.78, 5) is 8.70. The maximum atomic E-state index is 6.13. The number of para-hydroxylation sites is 1. The summed E-state index contributed by atoms with van der Waals surface area (Å²) < 4.78 is 21.9. The fraction of sp³-hybridized carbons (Fsp3) is 0.455. The molecule has 7 nitrogen and oxygen atoms in total. The van der Waals surface area contributed by atoms with Gasteiger partial charge < -0.3 is 23.3 Å². The molecule has 0 spiro atoms. The highest BCUT2D eigenvalue weighted by atomic mass is 16.5. The van der Waals surface area contributed by atoms with E-state index >= 15 is 0 Å². The second-order valence-corrected chi connectivity index (χ2v) is 7.11. The zero-order valence-corrected chi connectivity index (χ0v) is 16.8. The summed E-state index contributed by atoms with van der Waals surface area (Å²) in [6.45, 7) is 5.56. The highest BCUT2D eigenvalue weighted by molar-refractivity contribution is 5.64. The molecule has 0 bridgehead atoms. The second-order valence-electron chi connectivity index (χ2n) is 7.11. The van der Waals surface area contributed by atoms with Crippen molar-refractivity contribution in [3.8, 4) is 17.1 Å². The average Bonchev–Trinajstić information content (AvgIpc) is 3.50. The van der Waals surface area contributed by atoms with E-state index in [-0.39, 0.29) is 12.1 Å². The summed E-state index contributed by atoms with van der Waals surface area (Å²) in [6.07, 6.45) is 11.5. The van der Waals surface area contributed by atoms with Crippen LogP contribution in [0, 0.1) is 0 Å². The van der Waals surface area contributed by atoms with Gasteiger partial charge in [0.05, 0.1) is 37.8 Å². The van der Waals surface area contributed by atoms with Crippen LogP contribution < -0.4 is 4.74 Å². The molecule has 3 aromatic rings. The molecule has 4 rings (SSSR count). The summed E-state index contributed by atoms with van der Waals surface area (Å²) >= 11 is 0. The van der Waals surface area contributed by atoms with Gasteiger partial charge in [0.15, 0.2) is 0 Å². The molecule has 1 saturated heterocycles. The summed E-state index contributed by atoms with van der Waals surface area (Å²) in [5.41, 5.74) is 0.995. The lowest BCUT2D eigenvalue weighted by Crippen LogP contribution is -2.25. The molecule has 29 heavy (non-hydrogen) atoms. The van der Waals surface area contributed by atoms with E-state index in [4.69, 9.17) is 14.2 Å². The highest BCUT2D eigenvalue weighted by Crippen LogP contribution is 2.33. The predicted octanol–water partition coefficient (Wildman–Crippen LogP) is 3.58. The van der Waals surface area contributed by atoms with Crippen LogP contribution in [-0.4, -0.2) is 51.6 Å². The Labute approximate surface area is 171 Å². The smallest absolute Gasteiger partial charge is 0.144 e. The molecular formula is C22H28N4O3. The van der Waals surface area contributed by atoms with Crippen LogP contribution in [0.4, 0.5) is 0 Å². The average molecular weight is 396 g/mol. The van der Waals surface area contributed by atoms with Crippen LogP contribution in [-0.2, 0) is 16.0 Å². The summed E-state index contributed by atoms with van der Waals surface area (Å²) in [5.74, 6) is 1.74. The first-order valence-electron chi connectivity index (χ1n) is 10.3. The van der Waals surface area contributed by atoms with Gasteiger partial charge in [-0.15, -0.1) is 0 Å². The van der Waals surface area contributed by atoms with E-state index in [0.29, 0.717) is 26.4 Å². The molecule has 0 amide bonds. The van der Waals surface area contributed by atoms with Crippen molar-refractivity contribution in [1.29, 1.82) is 0 Å². The molecule has 1 fully saturated rings. The minimum Gasteiger partial charge on any atom is -0.493 e. The van der Waals surface area contributed by atoms with Crippen LogP contribution in [0.15, 0.2) is 55.4 Å². The van der Waals surface area contributed by atoms with Gasteiger partial charge in [-0.2, -0.15) is 0 Å². The number of aryl methyl sites for hydroxylation is 1. The molecule has 0 aliphatic carbocycles. The largest absolute Gasteiger partial charge is 0.493 e. The zero-order valence-electron chi connectivity index (χ0n) is 16.8. The third kappa shape index (κ3) is 4.68. The van der Waals surface area contributed by atoms with Crippen LogP contribution in [0.3, 0.4) is 0 Å². The lowest BCUT2D eigenvalue weighted by atomic mass is 10.1. The maximum Gasteiger partial charge on any atom is 0.144 e. The van der Waals surface area contributed by atoms with E-state index in [2.05, 4.69) is 25.2 Å². The Morgan fingerprint density at radius 1 is 1.14 bits per heavy atom. The summed E-state index contributed by atoms with van der Waals surface area (Å²) in [7, 11) is 0. The standard InChI is InChI=1S/C22H28N4O3/c1-2-28-21-16-27-15-19(21)26-13-10-24-22(26)18-7-3-4-8-20(18)29-14-6-5-11-25-12-9-23-17-25/h3-4,7-10,12-13,17,19,21H,2,5-6,11,14-16H2,1H3/t19-,21-/m0/s1. The Bertz CT molecular complexity index is 878. The molecule has 2 aromatic heterocycles. The molecule has 1 aromatic carbocycles. The van der Waals surface area contributed by atoms with Gasteiger partial charge in [0.25, 0.3) is 0 Å². The first-order valence-corrected chi connectivity index (χ1v) is 10.3. The van der Waals surface area contributed by atoms with Crippen molar-refractivity contribution in [2.24, 2.45) is 0 Å². The van der Waals surface area contributed by atoms with Crippen LogP contribution in [0.25, 0.3) is 11.4 Å². The van der Waals surface area contributed by atoms with Crippen LogP contribution in [0.1, 0.15) is 25.8 Å². The Balaban J connectivity index is 1.43. The fourth-order valence-corrected chi connectivity index (χ4v) is 3.72. The minimum absolute atomic E-state index is 0.0456. The third-order valence-corrected chi connectivity index (χ3v) is 5.16. The maximum absolute atomic E-state index is 6.13. The highest BCUT2D eigenvalue weighted by Gasteiger charge is 2.32. The van der Waals surface area contributed by atoms with Gasteiger partial charge in [-0.3, -0.25) is 0 Å². The summed E-state index contributed by atoms with van der Waals surface area (Å²) in [6, 6.07) is 8.21. The van der Waals surface area contributed by atoms with Gasteiger partial charge in [-0.25, -0.2) is 9.97 Å². The van der Waals surface area contributed by atoms with Gasteiger partial charge in [0.2, 0.25) is 0 Å². The molecule has 0 saturated carbocycles. The Morgan fingerprint density at radius 3 is 2.93 bits per heavy atom. The lowest BCUT2D eigenvalue weighted by Gasteiger charge is -2.21. The number of benzene rings is 1. The summed E-state index contributed by atoms with van der Waals surface area (Å²) in [5, 5.41) is 0. The van der Waals surface area contributed by atoms with E-state index in [1.807, 2.05) is 50.0 Å². The van der Waals surface area contributed by atoms with Crippen LogP contribution >= 0.6 is 0 Å². The molecule has 154 valence electrons. The molecule has 0 radical (unpaired) electrons. The van der Waals surface area contributed by atoms with Gasteiger partial charge in [-0.05, 0) is 31.9 Å². The molecule has 2 atom stereocenters. The van der Waals surface area contributed by atoms with E-state index in [1.54, 1.807) is 6.20 Å². The van der Waals surface area contributed by atoms with E-state index in [1.165, 1.54) is 0 Å². The van der Waals surface area contributed by atoms with Crippen molar-refractivity contribution in [2.45, 2.75) is 38.5 Å². The molecule has 1 aliphatic rings. The van der Waals surface area contributed by atoms with E-state index < -0.39 is 0 Å². The van der Waals surface area contributed by atoms with Crippen molar-refractivity contribution in [3.05, 3.63) is 55.4 Å². The van der Waals surface area contributed by atoms with Gasteiger partial charge in [0.1, 0.15) is 17.7 Å². The number of hydrogen-bond donors (Lipinski definition) is 0. The van der Waals surface area contributed by atoms with Crippen molar-refractivity contribution < 1.29 is 14.2 Å². The molecular weight excluding hydrogens is 368 g/mol. The molecule has 3 heterocycles. The Morgan fingerprint density at radius 2 is 2.07 bits per heavy atom. The van der Waals surface area contributed by atoms with Gasteiger partial charge in [-0.1, -0.05) is 12.1 Å². The van der Waals surface area contributed by atoms with Crippen molar-refractivity contribution in [3.63, 3.8) is 0 Å². The van der Waals surface area contributed by atoms with Crippen molar-refractivity contribution >= 4 is 0 Å². The molecule has 7 heteroatoms. The van der Waals surface area contributed by atoms with Crippen molar-refractivity contribution in [1.82, 2.24) is 19.1 Å². The quantitative estimate of drug-likeness (QED) is 0.490. The molecule has 0 unspecified atom stereocenters. The Kier molecular flexibility index (Phi) is 6.59. The Hall–Kier alpha value is -2.64. The monoisotopic (exact) mass is 396 g/mol. The fourth-order valence-electron chi connectivity index (χ4n) is 3.72. The lowest BCUT2D eigenvalue weighted by molar-refractivity contribution is 0.0364. The number of nitrogens with zero attached hydrogens (tertiary/aromatic N) is 4. The SMILES string of the molecule is CCO[C@H]1COC[C@@H]1n1ccnc1-c1ccccc1OCCCCn1ccnc1.